The van der Waals surface area contributed by atoms with Gasteiger partial charge in [0, 0.05) is 37.4 Å². The van der Waals surface area contributed by atoms with Gasteiger partial charge in [-0.3, -0.25) is 19.2 Å². The van der Waals surface area contributed by atoms with E-state index in [2.05, 4.69) is 10.1 Å². The second kappa shape index (κ2) is 8.26. The maximum absolute atomic E-state index is 13.5. The molecule has 0 unspecified atom stereocenters. The van der Waals surface area contributed by atoms with Crippen LogP contribution in [0.25, 0.3) is 11.0 Å². The number of rotatable bonds is 4. The molecule has 1 aliphatic heterocycles. The molecule has 3 heterocycles. The van der Waals surface area contributed by atoms with Crippen LogP contribution < -0.4 is 4.90 Å². The predicted octanol–water partition coefficient (Wildman–Crippen LogP) is 3.24. The largest absolute Gasteiger partial charge is 0.341 e. The van der Waals surface area contributed by atoms with Gasteiger partial charge in [0.25, 0.3) is 5.91 Å². The Balaban J connectivity index is 1.67. The van der Waals surface area contributed by atoms with Crippen LogP contribution in [0.4, 0.5) is 5.69 Å². The van der Waals surface area contributed by atoms with Gasteiger partial charge in [-0.15, -0.1) is 0 Å². The van der Waals surface area contributed by atoms with Gasteiger partial charge < -0.3 is 4.90 Å². The van der Waals surface area contributed by atoms with Crippen LogP contribution in [-0.2, 0) is 11.8 Å². The Morgan fingerprint density at radius 3 is 2.47 bits per heavy atom. The minimum absolute atomic E-state index is 0.0183. The number of aromatic nitrogens is 3. The van der Waals surface area contributed by atoms with E-state index in [0.29, 0.717) is 11.3 Å². The number of benzene rings is 1. The van der Waals surface area contributed by atoms with E-state index < -0.39 is 0 Å². The third-order valence-corrected chi connectivity index (χ3v) is 5.70. The van der Waals surface area contributed by atoms with Gasteiger partial charge in [0.1, 0.15) is 6.54 Å². The highest BCUT2D eigenvalue weighted by Crippen LogP contribution is 2.22. The fourth-order valence-corrected chi connectivity index (χ4v) is 3.96. The summed E-state index contributed by atoms with van der Waals surface area (Å²) < 4.78 is 1.70. The van der Waals surface area contributed by atoms with E-state index in [0.717, 1.165) is 54.6 Å². The third-order valence-electron chi connectivity index (χ3n) is 5.70. The zero-order chi connectivity index (χ0) is 21.3. The zero-order valence-corrected chi connectivity index (χ0v) is 17.8. The maximum atomic E-state index is 13.5. The van der Waals surface area contributed by atoms with Crippen molar-refractivity contribution in [2.45, 2.75) is 33.1 Å². The average Bonchev–Trinajstić information content (AvgIpc) is 3.05. The van der Waals surface area contributed by atoms with Crippen molar-refractivity contribution in [2.75, 3.05) is 24.5 Å². The highest BCUT2D eigenvalue weighted by molar-refractivity contribution is 6.09. The van der Waals surface area contributed by atoms with Crippen LogP contribution in [0.1, 0.15) is 40.9 Å². The first kappa shape index (κ1) is 20.1. The molecule has 0 saturated carbocycles. The highest BCUT2D eigenvalue weighted by atomic mass is 16.2. The van der Waals surface area contributed by atoms with Gasteiger partial charge in [-0.05, 0) is 51.3 Å². The molecule has 30 heavy (non-hydrogen) atoms. The SMILES string of the molecule is Cc1ccc(N(CC(=O)N2CCCCC2)C(=O)c2cnc3c(c2)c(C)nn3C)cc1. The Kier molecular flexibility index (Phi) is 5.53. The number of hydrogen-bond acceptors (Lipinski definition) is 4. The van der Waals surface area contributed by atoms with Crippen LogP contribution in [0.2, 0.25) is 0 Å². The van der Waals surface area contributed by atoms with Gasteiger partial charge in [-0.2, -0.15) is 5.10 Å². The second-order valence-electron chi connectivity index (χ2n) is 7.97. The predicted molar refractivity (Wildman–Crippen MR) is 117 cm³/mol. The minimum atomic E-state index is -0.234. The number of carbonyl (C=O) groups is 2. The number of nitrogens with zero attached hydrogens (tertiary/aromatic N) is 5. The molecule has 0 aliphatic carbocycles. The van der Waals surface area contributed by atoms with E-state index in [1.54, 1.807) is 15.8 Å². The van der Waals surface area contributed by atoms with Gasteiger partial charge in [0.2, 0.25) is 5.91 Å². The molecule has 4 rings (SSSR count). The lowest BCUT2D eigenvalue weighted by Crippen LogP contribution is -2.45. The van der Waals surface area contributed by atoms with Gasteiger partial charge in [-0.1, -0.05) is 17.7 Å². The van der Waals surface area contributed by atoms with Crippen molar-refractivity contribution in [3.63, 3.8) is 0 Å². The van der Waals surface area contributed by atoms with Crippen LogP contribution in [0.3, 0.4) is 0 Å². The lowest BCUT2D eigenvalue weighted by atomic mass is 10.1. The summed E-state index contributed by atoms with van der Waals surface area (Å²) in [5.41, 5.74) is 3.81. The molecular weight excluding hydrogens is 378 g/mol. The summed E-state index contributed by atoms with van der Waals surface area (Å²) in [6, 6.07) is 9.50. The van der Waals surface area contributed by atoms with Crippen LogP contribution in [0.15, 0.2) is 36.5 Å². The molecule has 1 aliphatic rings. The van der Waals surface area contributed by atoms with E-state index in [4.69, 9.17) is 0 Å². The summed E-state index contributed by atoms with van der Waals surface area (Å²) in [5.74, 6) is -0.253. The fraction of sp³-hybridized carbons (Fsp3) is 0.391. The number of anilines is 1. The molecule has 7 heteroatoms. The first-order valence-electron chi connectivity index (χ1n) is 10.4. The molecule has 156 valence electrons. The summed E-state index contributed by atoms with van der Waals surface area (Å²) in [7, 11) is 1.83. The standard InChI is InChI=1S/C23H27N5O2/c1-16-7-9-19(10-8-16)28(15-21(29)27-11-5-4-6-12-27)23(30)18-13-20-17(2)25-26(3)22(20)24-14-18/h7-10,13-14H,4-6,11-12,15H2,1-3H3. The topological polar surface area (TPSA) is 71.3 Å². The summed E-state index contributed by atoms with van der Waals surface area (Å²) in [5, 5.41) is 5.22. The number of aryl methyl sites for hydroxylation is 3. The molecule has 1 aromatic carbocycles. The van der Waals surface area contributed by atoms with Crippen molar-refractivity contribution in [2.24, 2.45) is 7.05 Å². The van der Waals surface area contributed by atoms with E-state index in [-0.39, 0.29) is 18.4 Å². The molecule has 3 aromatic rings. The molecule has 0 N–H and O–H groups in total. The number of amides is 2. The number of hydrogen-bond donors (Lipinski definition) is 0. The second-order valence-corrected chi connectivity index (χ2v) is 7.97. The van der Waals surface area contributed by atoms with Crippen LogP contribution in [0, 0.1) is 13.8 Å². The Morgan fingerprint density at radius 2 is 1.77 bits per heavy atom. The van der Waals surface area contributed by atoms with Crippen molar-refractivity contribution in [3.8, 4) is 0 Å². The molecular formula is C23H27N5O2. The van der Waals surface area contributed by atoms with E-state index in [1.807, 2.05) is 56.1 Å². The fourth-order valence-electron chi connectivity index (χ4n) is 3.96. The number of fused-ring (bicyclic) bond motifs is 1. The van der Waals surface area contributed by atoms with Crippen molar-refractivity contribution in [3.05, 3.63) is 53.3 Å². The minimum Gasteiger partial charge on any atom is -0.341 e. The van der Waals surface area contributed by atoms with Crippen LogP contribution in [0.5, 0.6) is 0 Å². The molecule has 0 radical (unpaired) electrons. The van der Waals surface area contributed by atoms with Crippen molar-refractivity contribution in [1.82, 2.24) is 19.7 Å². The maximum Gasteiger partial charge on any atom is 0.260 e. The lowest BCUT2D eigenvalue weighted by molar-refractivity contribution is -0.130. The number of pyridine rings is 1. The number of carbonyl (C=O) groups excluding carboxylic acids is 2. The summed E-state index contributed by atoms with van der Waals surface area (Å²) in [6.07, 6.45) is 4.76. The van der Waals surface area contributed by atoms with Crippen molar-refractivity contribution in [1.29, 1.82) is 0 Å². The molecule has 0 spiro atoms. The van der Waals surface area contributed by atoms with Crippen LogP contribution >= 0.6 is 0 Å². The molecule has 1 fully saturated rings. The first-order valence-corrected chi connectivity index (χ1v) is 10.4. The highest BCUT2D eigenvalue weighted by Gasteiger charge is 2.25. The number of piperidine rings is 1. The quantitative estimate of drug-likeness (QED) is 0.668. The third kappa shape index (κ3) is 3.92. The molecule has 7 nitrogen and oxygen atoms in total. The van der Waals surface area contributed by atoms with Crippen molar-refractivity contribution < 1.29 is 9.59 Å². The Morgan fingerprint density at radius 1 is 1.07 bits per heavy atom. The molecule has 2 amide bonds. The van der Waals surface area contributed by atoms with Gasteiger partial charge >= 0.3 is 0 Å². The summed E-state index contributed by atoms with van der Waals surface area (Å²) in [6.45, 7) is 5.44. The van der Waals surface area contributed by atoms with Crippen LogP contribution in [-0.4, -0.2) is 51.1 Å². The average molecular weight is 406 g/mol. The molecule has 0 atom stereocenters. The van der Waals surface area contributed by atoms with Crippen molar-refractivity contribution >= 4 is 28.5 Å². The summed E-state index contributed by atoms with van der Waals surface area (Å²) in [4.78, 5) is 34.3. The molecule has 2 aromatic heterocycles. The smallest absolute Gasteiger partial charge is 0.260 e. The van der Waals surface area contributed by atoms with E-state index in [9.17, 15) is 9.59 Å². The van der Waals surface area contributed by atoms with E-state index >= 15 is 0 Å². The molecule has 1 saturated heterocycles. The van der Waals surface area contributed by atoms with Gasteiger partial charge in [-0.25, -0.2) is 4.98 Å². The number of likely N-dealkylation sites (tertiary alicyclic amines) is 1. The van der Waals surface area contributed by atoms with Gasteiger partial charge in [0.15, 0.2) is 5.65 Å². The first-order chi connectivity index (χ1) is 14.4. The Bertz CT molecular complexity index is 1080. The Labute approximate surface area is 176 Å². The van der Waals surface area contributed by atoms with E-state index in [1.165, 1.54) is 0 Å². The zero-order valence-electron chi connectivity index (χ0n) is 17.8. The molecule has 0 bridgehead atoms. The monoisotopic (exact) mass is 405 g/mol. The van der Waals surface area contributed by atoms with Gasteiger partial charge in [0.05, 0.1) is 11.3 Å². The summed E-state index contributed by atoms with van der Waals surface area (Å²) >= 11 is 0. The Hall–Kier alpha value is -3.22. The normalized spacial score (nSPS) is 14.2. The lowest BCUT2D eigenvalue weighted by Gasteiger charge is -2.30.